The van der Waals surface area contributed by atoms with Crippen LogP contribution in [-0.2, 0) is 11.3 Å². The third-order valence-electron chi connectivity index (χ3n) is 4.11. The van der Waals surface area contributed by atoms with Crippen molar-refractivity contribution in [2.24, 2.45) is 0 Å². The van der Waals surface area contributed by atoms with E-state index in [9.17, 15) is 18.8 Å². The largest absolute Gasteiger partial charge is 0.376 e. The first kappa shape index (κ1) is 17.1. The number of nitrogens with one attached hydrogen (secondary N) is 2. The lowest BCUT2D eigenvalue weighted by molar-refractivity contribution is 0.0855. The molecule has 0 aliphatic carbocycles. The molecular weight excluding hydrogens is 329 g/mol. The number of carbonyl (C=O) groups excluding carboxylic acids is 1. The van der Waals surface area contributed by atoms with Gasteiger partial charge in [0.15, 0.2) is 0 Å². The lowest BCUT2D eigenvalue weighted by Gasteiger charge is -2.11. The van der Waals surface area contributed by atoms with Crippen molar-refractivity contribution in [3.63, 3.8) is 0 Å². The van der Waals surface area contributed by atoms with Crippen LogP contribution in [0.25, 0.3) is 0 Å². The molecule has 2 heterocycles. The van der Waals surface area contributed by atoms with Gasteiger partial charge in [-0.1, -0.05) is 18.2 Å². The summed E-state index contributed by atoms with van der Waals surface area (Å²) in [6.07, 6.45) is 2.80. The summed E-state index contributed by atoms with van der Waals surface area (Å²) in [4.78, 5) is 39.0. The molecule has 1 unspecified atom stereocenters. The molecule has 2 N–H and O–H groups in total. The highest BCUT2D eigenvalue weighted by molar-refractivity contribution is 5.93. The number of hydrogen-bond donors (Lipinski definition) is 2. The van der Waals surface area contributed by atoms with Gasteiger partial charge in [0.1, 0.15) is 11.4 Å². The Morgan fingerprint density at radius 1 is 1.36 bits per heavy atom. The van der Waals surface area contributed by atoms with Crippen LogP contribution >= 0.6 is 0 Å². The molecule has 1 aromatic heterocycles. The maximum Gasteiger partial charge on any atom is 0.328 e. The molecule has 1 amide bonds. The fourth-order valence-corrected chi connectivity index (χ4v) is 2.72. The van der Waals surface area contributed by atoms with Crippen molar-refractivity contribution in [3.05, 3.63) is 68.2 Å². The number of H-pyrrole nitrogens is 1. The van der Waals surface area contributed by atoms with Gasteiger partial charge in [-0.3, -0.25) is 14.2 Å². The average Bonchev–Trinajstić information content (AvgIpc) is 3.11. The lowest BCUT2D eigenvalue weighted by atomic mass is 10.2. The zero-order chi connectivity index (χ0) is 17.8. The van der Waals surface area contributed by atoms with E-state index in [4.69, 9.17) is 4.74 Å². The fourth-order valence-electron chi connectivity index (χ4n) is 2.72. The van der Waals surface area contributed by atoms with E-state index >= 15 is 0 Å². The van der Waals surface area contributed by atoms with Crippen LogP contribution in [0.1, 0.15) is 28.8 Å². The Labute approximate surface area is 142 Å². The summed E-state index contributed by atoms with van der Waals surface area (Å²) in [6, 6.07) is 5.84. The van der Waals surface area contributed by atoms with Crippen LogP contribution < -0.4 is 16.6 Å². The third-order valence-corrected chi connectivity index (χ3v) is 4.11. The van der Waals surface area contributed by atoms with Crippen molar-refractivity contribution in [1.29, 1.82) is 0 Å². The van der Waals surface area contributed by atoms with E-state index in [2.05, 4.69) is 10.3 Å². The first-order valence-corrected chi connectivity index (χ1v) is 8.02. The van der Waals surface area contributed by atoms with Gasteiger partial charge < -0.3 is 15.0 Å². The predicted octanol–water partition coefficient (Wildman–Crippen LogP) is 0.633. The SMILES string of the molecule is O=C(NCC1CCCO1)c1c[nH]c(=O)n(Cc2ccccc2F)c1=O. The Hall–Kier alpha value is -2.74. The number of halogens is 1. The zero-order valence-electron chi connectivity index (χ0n) is 13.5. The molecule has 0 spiro atoms. The van der Waals surface area contributed by atoms with E-state index < -0.39 is 23.0 Å². The summed E-state index contributed by atoms with van der Waals surface area (Å²) in [5, 5.41) is 2.63. The van der Waals surface area contributed by atoms with Gasteiger partial charge in [0.25, 0.3) is 11.5 Å². The van der Waals surface area contributed by atoms with E-state index in [0.717, 1.165) is 23.6 Å². The lowest BCUT2D eigenvalue weighted by Crippen LogP contribution is -2.42. The number of amides is 1. The Morgan fingerprint density at radius 3 is 2.88 bits per heavy atom. The summed E-state index contributed by atoms with van der Waals surface area (Å²) in [5.74, 6) is -1.12. The summed E-state index contributed by atoms with van der Waals surface area (Å²) in [6.45, 7) is 0.701. The van der Waals surface area contributed by atoms with E-state index in [1.165, 1.54) is 18.2 Å². The Kier molecular flexibility index (Phi) is 5.08. The minimum Gasteiger partial charge on any atom is -0.376 e. The second-order valence-corrected chi connectivity index (χ2v) is 5.84. The Morgan fingerprint density at radius 2 is 2.16 bits per heavy atom. The quantitative estimate of drug-likeness (QED) is 0.830. The first-order valence-electron chi connectivity index (χ1n) is 8.02. The molecule has 1 atom stereocenters. The highest BCUT2D eigenvalue weighted by Crippen LogP contribution is 2.10. The number of ether oxygens (including phenoxy) is 1. The average molecular weight is 347 g/mol. The van der Waals surface area contributed by atoms with Gasteiger partial charge in [0, 0.05) is 24.9 Å². The fraction of sp³-hybridized carbons (Fsp3) is 0.353. The molecule has 3 rings (SSSR count). The second kappa shape index (κ2) is 7.43. The number of aromatic nitrogens is 2. The second-order valence-electron chi connectivity index (χ2n) is 5.84. The van der Waals surface area contributed by atoms with Crippen molar-refractivity contribution < 1.29 is 13.9 Å². The molecule has 132 valence electrons. The number of nitrogens with zero attached hydrogens (tertiary/aromatic N) is 1. The summed E-state index contributed by atoms with van der Waals surface area (Å²) in [5.41, 5.74) is -1.48. The molecule has 1 aliphatic heterocycles. The number of rotatable bonds is 5. The van der Waals surface area contributed by atoms with Crippen LogP contribution in [0.15, 0.2) is 40.1 Å². The van der Waals surface area contributed by atoms with Crippen molar-refractivity contribution in [1.82, 2.24) is 14.9 Å². The Balaban J connectivity index is 1.82. The van der Waals surface area contributed by atoms with Crippen molar-refractivity contribution >= 4 is 5.91 Å². The van der Waals surface area contributed by atoms with Crippen LogP contribution in [0.5, 0.6) is 0 Å². The van der Waals surface area contributed by atoms with Crippen LogP contribution in [0, 0.1) is 5.82 Å². The highest BCUT2D eigenvalue weighted by Gasteiger charge is 2.19. The molecule has 7 nitrogen and oxygen atoms in total. The molecule has 0 bridgehead atoms. The molecule has 1 aromatic carbocycles. The predicted molar refractivity (Wildman–Crippen MR) is 88.1 cm³/mol. The molecule has 25 heavy (non-hydrogen) atoms. The molecular formula is C17H18FN3O4. The normalized spacial score (nSPS) is 16.8. The van der Waals surface area contributed by atoms with Crippen molar-refractivity contribution in [2.45, 2.75) is 25.5 Å². The smallest absolute Gasteiger partial charge is 0.328 e. The van der Waals surface area contributed by atoms with Gasteiger partial charge in [-0.25, -0.2) is 9.18 Å². The number of carbonyl (C=O) groups is 1. The minimum absolute atomic E-state index is 0.0626. The maximum absolute atomic E-state index is 13.8. The molecule has 1 aliphatic rings. The van der Waals surface area contributed by atoms with Crippen LogP contribution in [0.3, 0.4) is 0 Å². The molecule has 1 fully saturated rings. The van der Waals surface area contributed by atoms with Crippen LogP contribution in [0.4, 0.5) is 4.39 Å². The van der Waals surface area contributed by atoms with Gasteiger partial charge in [0.05, 0.1) is 12.6 Å². The van der Waals surface area contributed by atoms with E-state index in [0.29, 0.717) is 13.2 Å². The summed E-state index contributed by atoms with van der Waals surface area (Å²) >= 11 is 0. The Bertz CT molecular complexity index is 884. The van der Waals surface area contributed by atoms with E-state index in [1.54, 1.807) is 6.07 Å². The van der Waals surface area contributed by atoms with Crippen molar-refractivity contribution in [3.8, 4) is 0 Å². The van der Waals surface area contributed by atoms with Gasteiger partial charge >= 0.3 is 5.69 Å². The zero-order valence-corrected chi connectivity index (χ0v) is 13.5. The molecule has 1 saturated heterocycles. The highest BCUT2D eigenvalue weighted by atomic mass is 19.1. The van der Waals surface area contributed by atoms with Crippen LogP contribution in [0.2, 0.25) is 0 Å². The molecule has 0 radical (unpaired) electrons. The molecule has 2 aromatic rings. The summed E-state index contributed by atoms with van der Waals surface area (Å²) in [7, 11) is 0. The number of benzene rings is 1. The number of hydrogen-bond acceptors (Lipinski definition) is 4. The van der Waals surface area contributed by atoms with Gasteiger partial charge in [0.2, 0.25) is 0 Å². The monoisotopic (exact) mass is 347 g/mol. The maximum atomic E-state index is 13.8. The number of aromatic amines is 1. The minimum atomic E-state index is -0.767. The summed E-state index contributed by atoms with van der Waals surface area (Å²) < 4.78 is 20.0. The van der Waals surface area contributed by atoms with Gasteiger partial charge in [-0.15, -0.1) is 0 Å². The van der Waals surface area contributed by atoms with Crippen molar-refractivity contribution in [2.75, 3.05) is 13.2 Å². The van der Waals surface area contributed by atoms with E-state index in [1.807, 2.05) is 0 Å². The first-order chi connectivity index (χ1) is 12.1. The molecule has 0 saturated carbocycles. The van der Waals surface area contributed by atoms with Crippen LogP contribution in [-0.4, -0.2) is 34.7 Å². The third kappa shape index (κ3) is 3.85. The molecule has 8 heteroatoms. The van der Waals surface area contributed by atoms with Gasteiger partial charge in [-0.05, 0) is 18.9 Å². The van der Waals surface area contributed by atoms with Gasteiger partial charge in [-0.2, -0.15) is 0 Å². The topological polar surface area (TPSA) is 93.2 Å². The van der Waals surface area contributed by atoms with E-state index in [-0.39, 0.29) is 23.8 Å². The standard InChI is InChI=1S/C17H18FN3O4/c18-14-6-2-1-4-11(14)10-21-16(23)13(9-20-17(21)24)15(22)19-8-12-5-3-7-25-12/h1-2,4,6,9,12H,3,5,7-8,10H2,(H,19,22)(H,20,24).